The Hall–Kier alpha value is -2.22. The van der Waals surface area contributed by atoms with Gasteiger partial charge in [0.05, 0.1) is 15.9 Å². The summed E-state index contributed by atoms with van der Waals surface area (Å²) in [5.41, 5.74) is -0.588. The van der Waals surface area contributed by atoms with Crippen LogP contribution in [0, 0.1) is 20.2 Å². The largest absolute Gasteiger partial charge is 0.355 e. The van der Waals surface area contributed by atoms with Crippen molar-refractivity contribution in [1.82, 2.24) is 0 Å². The molecule has 1 aliphatic heterocycles. The lowest BCUT2D eigenvalue weighted by Crippen LogP contribution is -2.34. The molecule has 8 nitrogen and oxygen atoms in total. The Labute approximate surface area is 118 Å². The number of halogens is 1. The Kier molecular flexibility index (Phi) is 3.84. The molecule has 1 heterocycles. The zero-order chi connectivity index (χ0) is 14.9. The second kappa shape index (κ2) is 5.41. The maximum absolute atomic E-state index is 11.3. The molecule has 0 N–H and O–H groups in total. The van der Waals surface area contributed by atoms with E-state index in [9.17, 15) is 25.0 Å². The molecule has 1 atom stereocenters. The third kappa shape index (κ3) is 2.55. The first-order chi connectivity index (χ1) is 9.41. The number of nitro benzene ring substituents is 2. The Bertz CT molecular complexity index is 591. The van der Waals surface area contributed by atoms with Crippen molar-refractivity contribution >= 4 is 33.9 Å². The van der Waals surface area contributed by atoms with E-state index in [0.29, 0.717) is 19.4 Å². The van der Waals surface area contributed by atoms with Crippen molar-refractivity contribution < 1.29 is 14.6 Å². The maximum atomic E-state index is 11.3. The third-order valence-electron chi connectivity index (χ3n) is 3.19. The van der Waals surface area contributed by atoms with Crippen molar-refractivity contribution in [3.8, 4) is 0 Å². The zero-order valence-corrected chi connectivity index (χ0v) is 10.9. The standard InChI is InChI=1S/C11H10ClN3O5/c12-11(16)9-2-1-5-13(9)8-4-3-7(14(17)18)6-10(8)15(19)20/h3-4,6,9H,1-2,5H2/t9-/m0/s1. The number of benzene rings is 1. The Morgan fingerprint density at radius 2 is 2.00 bits per heavy atom. The van der Waals surface area contributed by atoms with E-state index < -0.39 is 26.8 Å². The van der Waals surface area contributed by atoms with Crippen LogP contribution in [0.2, 0.25) is 0 Å². The molecule has 1 saturated heterocycles. The van der Waals surface area contributed by atoms with E-state index in [1.807, 2.05) is 0 Å². The van der Waals surface area contributed by atoms with E-state index >= 15 is 0 Å². The molecule has 0 spiro atoms. The van der Waals surface area contributed by atoms with Crippen LogP contribution in [0.3, 0.4) is 0 Å². The molecule has 0 bridgehead atoms. The van der Waals surface area contributed by atoms with Crippen molar-refractivity contribution in [2.45, 2.75) is 18.9 Å². The Morgan fingerprint density at radius 1 is 1.30 bits per heavy atom. The minimum atomic E-state index is -0.703. The summed E-state index contributed by atoms with van der Waals surface area (Å²) in [7, 11) is 0. The number of rotatable bonds is 4. The summed E-state index contributed by atoms with van der Waals surface area (Å²) in [5, 5.41) is 21.2. The van der Waals surface area contributed by atoms with E-state index in [0.717, 1.165) is 6.07 Å². The summed E-state index contributed by atoms with van der Waals surface area (Å²) in [5.74, 6) is 0. The van der Waals surface area contributed by atoms with Crippen molar-refractivity contribution in [3.05, 3.63) is 38.4 Å². The van der Waals surface area contributed by atoms with Crippen molar-refractivity contribution in [2.75, 3.05) is 11.4 Å². The van der Waals surface area contributed by atoms with Crippen LogP contribution in [0.25, 0.3) is 0 Å². The van der Waals surface area contributed by atoms with Crippen LogP contribution < -0.4 is 4.90 Å². The van der Waals surface area contributed by atoms with Gasteiger partial charge in [0.25, 0.3) is 11.4 Å². The summed E-state index contributed by atoms with van der Waals surface area (Å²) in [6.07, 6.45) is 1.19. The van der Waals surface area contributed by atoms with Crippen molar-refractivity contribution in [1.29, 1.82) is 0 Å². The lowest BCUT2D eigenvalue weighted by molar-refractivity contribution is -0.393. The number of hydrogen-bond donors (Lipinski definition) is 0. The van der Waals surface area contributed by atoms with Gasteiger partial charge in [-0.05, 0) is 30.5 Å². The Balaban J connectivity index is 2.48. The van der Waals surface area contributed by atoms with Gasteiger partial charge in [-0.1, -0.05) is 0 Å². The van der Waals surface area contributed by atoms with Gasteiger partial charge in [-0.3, -0.25) is 25.0 Å². The number of nitrogens with zero attached hydrogens (tertiary/aromatic N) is 3. The van der Waals surface area contributed by atoms with Crippen LogP contribution in [-0.4, -0.2) is 27.7 Å². The third-order valence-corrected chi connectivity index (χ3v) is 3.44. The molecular formula is C11H10ClN3O5. The first-order valence-electron chi connectivity index (χ1n) is 5.80. The second-order valence-corrected chi connectivity index (χ2v) is 4.72. The summed E-state index contributed by atoms with van der Waals surface area (Å²) >= 11 is 5.48. The van der Waals surface area contributed by atoms with Gasteiger partial charge in [-0.25, -0.2) is 0 Å². The molecule has 9 heteroatoms. The van der Waals surface area contributed by atoms with Crippen LogP contribution in [0.5, 0.6) is 0 Å². The van der Waals surface area contributed by atoms with Crippen LogP contribution in [0.1, 0.15) is 12.8 Å². The molecule has 1 aromatic rings. The predicted molar refractivity (Wildman–Crippen MR) is 71.0 cm³/mol. The molecule has 0 aromatic heterocycles. The summed E-state index contributed by atoms with van der Waals surface area (Å²) in [6.45, 7) is 0.446. The molecular weight excluding hydrogens is 290 g/mol. The molecule has 2 rings (SSSR count). The minimum absolute atomic E-state index is 0.178. The van der Waals surface area contributed by atoms with Gasteiger partial charge in [-0.15, -0.1) is 0 Å². The summed E-state index contributed by atoms with van der Waals surface area (Å²) in [6, 6.07) is 2.73. The fourth-order valence-electron chi connectivity index (χ4n) is 2.31. The van der Waals surface area contributed by atoms with Crippen LogP contribution >= 0.6 is 11.6 Å². The normalized spacial score (nSPS) is 18.1. The molecule has 0 unspecified atom stereocenters. The Morgan fingerprint density at radius 3 is 2.55 bits per heavy atom. The quantitative estimate of drug-likeness (QED) is 0.479. The first-order valence-corrected chi connectivity index (χ1v) is 6.18. The zero-order valence-electron chi connectivity index (χ0n) is 10.2. The fourth-order valence-corrected chi connectivity index (χ4v) is 2.53. The van der Waals surface area contributed by atoms with Crippen molar-refractivity contribution in [2.24, 2.45) is 0 Å². The van der Waals surface area contributed by atoms with Gasteiger partial charge in [-0.2, -0.15) is 0 Å². The van der Waals surface area contributed by atoms with Gasteiger partial charge in [0.15, 0.2) is 0 Å². The average Bonchev–Trinajstić information content (AvgIpc) is 2.86. The average molecular weight is 300 g/mol. The number of carbonyl (C=O) groups is 1. The number of non-ortho nitro benzene ring substituents is 1. The number of nitro groups is 2. The van der Waals surface area contributed by atoms with E-state index in [1.165, 1.54) is 17.0 Å². The van der Waals surface area contributed by atoms with Crippen LogP contribution in [0.15, 0.2) is 18.2 Å². The topological polar surface area (TPSA) is 107 Å². The van der Waals surface area contributed by atoms with Gasteiger partial charge in [0.1, 0.15) is 11.7 Å². The molecule has 1 fully saturated rings. The maximum Gasteiger partial charge on any atom is 0.299 e. The van der Waals surface area contributed by atoms with Gasteiger partial charge >= 0.3 is 0 Å². The molecule has 0 radical (unpaired) electrons. The highest BCUT2D eigenvalue weighted by Crippen LogP contribution is 2.36. The predicted octanol–water partition coefficient (Wildman–Crippen LogP) is 2.24. The monoisotopic (exact) mass is 299 g/mol. The summed E-state index contributed by atoms with van der Waals surface area (Å²) in [4.78, 5) is 33.2. The number of carbonyl (C=O) groups excluding carboxylic acids is 1. The second-order valence-electron chi connectivity index (χ2n) is 4.34. The highest BCUT2D eigenvalue weighted by atomic mass is 35.5. The van der Waals surface area contributed by atoms with E-state index in [-0.39, 0.29) is 11.4 Å². The SMILES string of the molecule is O=C(Cl)[C@@H]1CCCN1c1ccc([N+](=O)[O-])cc1[N+](=O)[O-]. The van der Waals surface area contributed by atoms with E-state index in [2.05, 4.69) is 0 Å². The lowest BCUT2D eigenvalue weighted by Gasteiger charge is -2.23. The molecule has 20 heavy (non-hydrogen) atoms. The van der Waals surface area contributed by atoms with E-state index in [4.69, 9.17) is 11.6 Å². The van der Waals surface area contributed by atoms with Crippen LogP contribution in [-0.2, 0) is 4.79 Å². The first kappa shape index (κ1) is 14.2. The molecule has 0 saturated carbocycles. The summed E-state index contributed by atoms with van der Waals surface area (Å²) < 4.78 is 0. The van der Waals surface area contributed by atoms with E-state index in [1.54, 1.807) is 0 Å². The molecule has 0 amide bonds. The molecule has 1 aromatic carbocycles. The fraction of sp³-hybridized carbons (Fsp3) is 0.364. The minimum Gasteiger partial charge on any atom is -0.355 e. The van der Waals surface area contributed by atoms with Gasteiger partial charge in [0, 0.05) is 12.6 Å². The highest BCUT2D eigenvalue weighted by molar-refractivity contribution is 6.65. The molecule has 1 aliphatic rings. The van der Waals surface area contributed by atoms with Crippen molar-refractivity contribution in [3.63, 3.8) is 0 Å². The van der Waals surface area contributed by atoms with Crippen LogP contribution in [0.4, 0.5) is 17.1 Å². The lowest BCUT2D eigenvalue weighted by atomic mass is 10.2. The molecule has 0 aliphatic carbocycles. The smallest absolute Gasteiger partial charge is 0.299 e. The van der Waals surface area contributed by atoms with Gasteiger partial charge in [0.2, 0.25) is 5.24 Å². The number of anilines is 1. The van der Waals surface area contributed by atoms with Gasteiger partial charge < -0.3 is 4.90 Å². The highest BCUT2D eigenvalue weighted by Gasteiger charge is 2.34. The number of hydrogen-bond acceptors (Lipinski definition) is 6. The molecule has 106 valence electrons.